The monoisotopic (exact) mass is 519 g/mol. The standard InChI is InChI=1S/C25H15F6NO3Si/c26-14-9-18(28)22(19(29)10-14)16-7-4-8-17(24(16)32(33)34)25(35-36,13-5-2-1-3-6-13)23-20(30)11-15(27)12-21(23)31/h1-12H,36H3. The van der Waals surface area contributed by atoms with Gasteiger partial charge in [-0.05, 0) is 17.7 Å². The van der Waals surface area contributed by atoms with Gasteiger partial charge < -0.3 is 4.43 Å². The van der Waals surface area contributed by atoms with Crippen molar-refractivity contribution < 1.29 is 35.7 Å². The minimum atomic E-state index is -2.35. The van der Waals surface area contributed by atoms with Gasteiger partial charge in [-0.1, -0.05) is 36.4 Å². The van der Waals surface area contributed by atoms with Crippen molar-refractivity contribution >= 4 is 16.2 Å². The lowest BCUT2D eigenvalue weighted by molar-refractivity contribution is -0.385. The summed E-state index contributed by atoms with van der Waals surface area (Å²) >= 11 is 0. The molecule has 0 radical (unpaired) electrons. The Balaban J connectivity index is 2.20. The Bertz CT molecular complexity index is 1440. The summed E-state index contributed by atoms with van der Waals surface area (Å²) in [5.41, 5.74) is -6.12. The van der Waals surface area contributed by atoms with Gasteiger partial charge in [0.15, 0.2) is 0 Å². The van der Waals surface area contributed by atoms with Crippen LogP contribution in [0.1, 0.15) is 16.7 Å². The second-order valence-electron chi connectivity index (χ2n) is 7.70. The first-order valence-corrected chi connectivity index (χ1v) is 11.1. The minimum Gasteiger partial charge on any atom is -0.411 e. The summed E-state index contributed by atoms with van der Waals surface area (Å²) in [7, 11) is -0.246. The van der Waals surface area contributed by atoms with Crippen LogP contribution in [0.15, 0.2) is 72.8 Å². The molecule has 0 saturated heterocycles. The van der Waals surface area contributed by atoms with Crippen molar-refractivity contribution in [3.05, 3.63) is 135 Å². The molecule has 184 valence electrons. The Kier molecular flexibility index (Phi) is 6.70. The highest BCUT2D eigenvalue weighted by molar-refractivity contribution is 5.99. The predicted octanol–water partition coefficient (Wildman–Crippen LogP) is 5.69. The molecule has 0 amide bonds. The number of hydrogen-bond donors (Lipinski definition) is 0. The zero-order valence-corrected chi connectivity index (χ0v) is 20.4. The zero-order chi connectivity index (χ0) is 26.2. The molecule has 1 atom stereocenters. The van der Waals surface area contributed by atoms with Gasteiger partial charge in [0.25, 0.3) is 5.69 Å². The number of benzene rings is 4. The topological polar surface area (TPSA) is 52.4 Å². The van der Waals surface area contributed by atoms with E-state index in [0.29, 0.717) is 24.3 Å². The summed E-state index contributed by atoms with van der Waals surface area (Å²) in [6.07, 6.45) is 0. The van der Waals surface area contributed by atoms with E-state index in [1.54, 1.807) is 6.07 Å². The molecule has 1 unspecified atom stereocenters. The van der Waals surface area contributed by atoms with Gasteiger partial charge in [0.05, 0.1) is 27.2 Å². The van der Waals surface area contributed by atoms with E-state index in [-0.39, 0.29) is 16.0 Å². The maximum atomic E-state index is 15.2. The van der Waals surface area contributed by atoms with E-state index in [9.17, 15) is 27.7 Å². The number of nitro groups is 1. The Labute approximate surface area is 203 Å². The number of rotatable bonds is 6. The average molecular weight is 519 g/mol. The first kappa shape index (κ1) is 25.1. The van der Waals surface area contributed by atoms with E-state index in [2.05, 4.69) is 0 Å². The van der Waals surface area contributed by atoms with Crippen LogP contribution in [0.4, 0.5) is 32.0 Å². The fraction of sp³-hybridized carbons (Fsp3) is 0.0400. The van der Waals surface area contributed by atoms with Crippen molar-refractivity contribution in [2.24, 2.45) is 0 Å². The number of halogens is 6. The maximum Gasteiger partial charge on any atom is 0.284 e. The number of para-hydroxylation sites is 1. The Morgan fingerprint density at radius 2 is 1.28 bits per heavy atom. The molecule has 0 N–H and O–H groups in total. The van der Waals surface area contributed by atoms with Gasteiger partial charge in [0.2, 0.25) is 0 Å². The highest BCUT2D eigenvalue weighted by Gasteiger charge is 2.46. The molecule has 36 heavy (non-hydrogen) atoms. The summed E-state index contributed by atoms with van der Waals surface area (Å²) in [5, 5.41) is 12.3. The Morgan fingerprint density at radius 3 is 1.78 bits per heavy atom. The fourth-order valence-electron chi connectivity index (χ4n) is 4.34. The van der Waals surface area contributed by atoms with E-state index in [4.69, 9.17) is 4.43 Å². The third kappa shape index (κ3) is 4.05. The summed E-state index contributed by atoms with van der Waals surface area (Å²) in [6.45, 7) is 0. The van der Waals surface area contributed by atoms with Crippen molar-refractivity contribution in [1.29, 1.82) is 0 Å². The lowest BCUT2D eigenvalue weighted by Crippen LogP contribution is -2.35. The number of hydrogen-bond acceptors (Lipinski definition) is 3. The summed E-state index contributed by atoms with van der Waals surface area (Å²) < 4.78 is 92.9. The third-order valence-corrected chi connectivity index (χ3v) is 6.33. The lowest BCUT2D eigenvalue weighted by atomic mass is 9.78. The fourth-order valence-corrected chi connectivity index (χ4v) is 5.00. The SMILES string of the molecule is O=[N+]([O-])c1c(-c2c(F)cc(F)cc2F)cccc1C(O[SiH3])(c1ccccc1)c1c(F)cc(F)cc1F. The molecule has 0 aliphatic carbocycles. The van der Waals surface area contributed by atoms with Crippen molar-refractivity contribution in [3.63, 3.8) is 0 Å². The highest BCUT2D eigenvalue weighted by atomic mass is 28.2. The van der Waals surface area contributed by atoms with Gasteiger partial charge in [0, 0.05) is 24.3 Å². The molecule has 0 aromatic heterocycles. The molecular weight excluding hydrogens is 504 g/mol. The van der Waals surface area contributed by atoms with E-state index in [1.807, 2.05) is 0 Å². The number of nitrogens with zero attached hydrogens (tertiary/aromatic N) is 1. The summed E-state index contributed by atoms with van der Waals surface area (Å²) in [5.74, 6) is -8.13. The van der Waals surface area contributed by atoms with Crippen LogP contribution in [0.25, 0.3) is 11.1 Å². The van der Waals surface area contributed by atoms with E-state index < -0.39 is 73.4 Å². The molecule has 4 aromatic carbocycles. The molecule has 0 aliphatic rings. The highest BCUT2D eigenvalue weighted by Crippen LogP contribution is 2.48. The van der Waals surface area contributed by atoms with Gasteiger partial charge >= 0.3 is 0 Å². The quantitative estimate of drug-likeness (QED) is 0.108. The van der Waals surface area contributed by atoms with Gasteiger partial charge in [0.1, 0.15) is 51.0 Å². The van der Waals surface area contributed by atoms with Crippen molar-refractivity contribution in [3.8, 4) is 11.1 Å². The van der Waals surface area contributed by atoms with Crippen LogP contribution in [-0.2, 0) is 10.0 Å². The molecule has 0 fully saturated rings. The van der Waals surface area contributed by atoms with Gasteiger partial charge in [-0.25, -0.2) is 26.3 Å². The van der Waals surface area contributed by atoms with Gasteiger partial charge in [-0.2, -0.15) is 0 Å². The summed E-state index contributed by atoms with van der Waals surface area (Å²) in [6, 6.07) is 12.1. The molecule has 0 spiro atoms. The van der Waals surface area contributed by atoms with E-state index in [1.165, 1.54) is 30.3 Å². The predicted molar refractivity (Wildman–Crippen MR) is 122 cm³/mol. The van der Waals surface area contributed by atoms with Crippen LogP contribution >= 0.6 is 0 Å². The van der Waals surface area contributed by atoms with Crippen molar-refractivity contribution in [2.45, 2.75) is 5.60 Å². The molecule has 0 heterocycles. The largest absolute Gasteiger partial charge is 0.411 e. The molecule has 4 rings (SSSR count). The van der Waals surface area contributed by atoms with Crippen LogP contribution in [-0.4, -0.2) is 15.4 Å². The normalized spacial score (nSPS) is 12.9. The molecule has 4 nitrogen and oxygen atoms in total. The second kappa shape index (κ2) is 9.59. The zero-order valence-electron chi connectivity index (χ0n) is 18.4. The third-order valence-electron chi connectivity index (χ3n) is 5.72. The molecule has 4 aromatic rings. The number of nitro benzene ring substituents is 1. The minimum absolute atomic E-state index is 0.0321. The van der Waals surface area contributed by atoms with Crippen molar-refractivity contribution in [2.75, 3.05) is 0 Å². The van der Waals surface area contributed by atoms with E-state index in [0.717, 1.165) is 12.1 Å². The smallest absolute Gasteiger partial charge is 0.284 e. The molecular formula is C25H15F6NO3Si. The van der Waals surface area contributed by atoms with Crippen LogP contribution in [0, 0.1) is 45.0 Å². The molecule has 0 bridgehead atoms. The van der Waals surface area contributed by atoms with Crippen LogP contribution in [0.3, 0.4) is 0 Å². The molecule has 0 aliphatic heterocycles. The van der Waals surface area contributed by atoms with Crippen LogP contribution in [0.5, 0.6) is 0 Å². The first-order valence-electron chi connectivity index (χ1n) is 10.3. The Morgan fingerprint density at radius 1 is 0.750 bits per heavy atom. The maximum absolute atomic E-state index is 15.2. The van der Waals surface area contributed by atoms with Crippen molar-refractivity contribution in [1.82, 2.24) is 0 Å². The second-order valence-corrected chi connectivity index (χ2v) is 8.11. The summed E-state index contributed by atoms with van der Waals surface area (Å²) in [4.78, 5) is 11.4. The van der Waals surface area contributed by atoms with Gasteiger partial charge in [-0.15, -0.1) is 0 Å². The average Bonchev–Trinajstić information content (AvgIpc) is 2.81. The first-order chi connectivity index (χ1) is 17.1. The molecule has 11 heteroatoms. The molecule has 0 saturated carbocycles. The van der Waals surface area contributed by atoms with Crippen LogP contribution in [0.2, 0.25) is 0 Å². The van der Waals surface area contributed by atoms with Gasteiger partial charge in [-0.3, -0.25) is 10.1 Å². The Hall–Kier alpha value is -3.96. The van der Waals surface area contributed by atoms with E-state index >= 15 is 8.78 Å². The lowest BCUT2D eigenvalue weighted by Gasteiger charge is -2.35. The van der Waals surface area contributed by atoms with Crippen LogP contribution < -0.4 is 0 Å².